The van der Waals surface area contributed by atoms with Crippen LogP contribution in [0.25, 0.3) is 0 Å². The number of carbonyl (C=O) groups excluding carboxylic acids is 3. The molecule has 1 aromatic carbocycles. The van der Waals surface area contributed by atoms with Gasteiger partial charge >= 0.3 is 6.03 Å². The van der Waals surface area contributed by atoms with Crippen LogP contribution in [-0.4, -0.2) is 29.3 Å². The van der Waals surface area contributed by atoms with E-state index < -0.39 is 23.3 Å². The Labute approximate surface area is 121 Å². The molecule has 1 saturated heterocycles. The Hall–Kier alpha value is -2.24. The topological polar surface area (TPSA) is 66.5 Å². The molecule has 1 aliphatic heterocycles. The van der Waals surface area contributed by atoms with Gasteiger partial charge in [0.2, 0.25) is 11.8 Å². The van der Waals surface area contributed by atoms with Gasteiger partial charge in [0, 0.05) is 6.54 Å². The highest BCUT2D eigenvalue weighted by atomic mass is 19.1. The highest BCUT2D eigenvalue weighted by molar-refractivity contribution is 6.19. The number of nitrogens with one attached hydrogen (secondary N) is 1. The summed E-state index contributed by atoms with van der Waals surface area (Å²) >= 11 is 0. The lowest BCUT2D eigenvalue weighted by molar-refractivity contribution is -0.157. The third-order valence-corrected chi connectivity index (χ3v) is 4.30. The fourth-order valence-electron chi connectivity index (χ4n) is 2.80. The number of benzene rings is 1. The van der Waals surface area contributed by atoms with Gasteiger partial charge in [-0.05, 0) is 37.0 Å². The van der Waals surface area contributed by atoms with Crippen LogP contribution in [0, 0.1) is 11.2 Å². The third-order valence-electron chi connectivity index (χ3n) is 4.30. The van der Waals surface area contributed by atoms with Gasteiger partial charge in [-0.15, -0.1) is 0 Å². The van der Waals surface area contributed by atoms with Crippen molar-refractivity contribution in [2.24, 2.45) is 5.41 Å². The second-order valence-corrected chi connectivity index (χ2v) is 5.53. The minimum atomic E-state index is -1.03. The van der Waals surface area contributed by atoms with Crippen LogP contribution in [0.1, 0.15) is 24.8 Å². The quantitative estimate of drug-likeness (QED) is 0.860. The molecular weight excluding hydrogens is 275 g/mol. The summed E-state index contributed by atoms with van der Waals surface area (Å²) in [5, 5.41) is 2.27. The first-order valence-electron chi connectivity index (χ1n) is 6.95. The van der Waals surface area contributed by atoms with E-state index in [2.05, 4.69) is 5.32 Å². The first-order chi connectivity index (χ1) is 10.0. The fourth-order valence-corrected chi connectivity index (χ4v) is 2.80. The molecule has 1 aliphatic carbocycles. The van der Waals surface area contributed by atoms with Crippen molar-refractivity contribution in [3.63, 3.8) is 0 Å². The maximum Gasteiger partial charge on any atom is 0.330 e. The van der Waals surface area contributed by atoms with Crippen molar-refractivity contribution in [2.75, 3.05) is 6.54 Å². The van der Waals surface area contributed by atoms with Gasteiger partial charge < -0.3 is 0 Å². The van der Waals surface area contributed by atoms with Crippen molar-refractivity contribution in [3.05, 3.63) is 35.6 Å². The zero-order valence-electron chi connectivity index (χ0n) is 11.4. The molecule has 0 bridgehead atoms. The Balaban J connectivity index is 1.72. The molecule has 1 N–H and O–H groups in total. The summed E-state index contributed by atoms with van der Waals surface area (Å²) in [6.07, 6.45) is 2.25. The summed E-state index contributed by atoms with van der Waals surface area (Å²) in [6.45, 7) is 0.186. The van der Waals surface area contributed by atoms with E-state index in [4.69, 9.17) is 0 Å². The summed E-state index contributed by atoms with van der Waals surface area (Å²) < 4.78 is 12.8. The van der Waals surface area contributed by atoms with Crippen molar-refractivity contribution in [2.45, 2.75) is 25.7 Å². The molecule has 0 unspecified atom stereocenters. The van der Waals surface area contributed by atoms with Crippen molar-refractivity contribution in [1.82, 2.24) is 10.2 Å². The van der Waals surface area contributed by atoms with E-state index in [1.165, 1.54) is 12.1 Å². The monoisotopic (exact) mass is 290 g/mol. The Kier molecular flexibility index (Phi) is 3.23. The van der Waals surface area contributed by atoms with Crippen LogP contribution in [-0.2, 0) is 16.0 Å². The number of halogens is 1. The molecule has 1 aromatic rings. The van der Waals surface area contributed by atoms with Crippen LogP contribution in [0.5, 0.6) is 0 Å². The number of imide groups is 2. The molecule has 3 rings (SSSR count). The maximum absolute atomic E-state index is 12.8. The maximum atomic E-state index is 12.8. The van der Waals surface area contributed by atoms with Crippen molar-refractivity contribution >= 4 is 17.8 Å². The molecule has 2 fully saturated rings. The van der Waals surface area contributed by atoms with Gasteiger partial charge in [0.05, 0.1) is 0 Å². The predicted molar refractivity (Wildman–Crippen MR) is 71.6 cm³/mol. The summed E-state index contributed by atoms with van der Waals surface area (Å²) in [7, 11) is 0. The number of carbonyl (C=O) groups is 3. The Morgan fingerprint density at radius 3 is 2.38 bits per heavy atom. The van der Waals surface area contributed by atoms with E-state index >= 15 is 0 Å². The molecule has 4 amide bonds. The Bertz CT molecular complexity index is 608. The first kappa shape index (κ1) is 13.7. The molecule has 110 valence electrons. The van der Waals surface area contributed by atoms with Gasteiger partial charge in [-0.1, -0.05) is 18.6 Å². The molecule has 2 aliphatic rings. The molecule has 1 spiro atoms. The number of urea groups is 1. The smallest absolute Gasteiger partial charge is 0.277 e. The van der Waals surface area contributed by atoms with Crippen LogP contribution in [0.3, 0.4) is 0 Å². The number of barbiturate groups is 1. The highest BCUT2D eigenvalue weighted by Gasteiger charge is 2.57. The Morgan fingerprint density at radius 2 is 1.81 bits per heavy atom. The predicted octanol–water partition coefficient (Wildman–Crippen LogP) is 1.62. The van der Waals surface area contributed by atoms with Gasteiger partial charge in [-0.25, -0.2) is 9.18 Å². The fraction of sp³-hybridized carbons (Fsp3) is 0.400. The Morgan fingerprint density at radius 1 is 1.14 bits per heavy atom. The average Bonchev–Trinajstić information content (AvgIpc) is 2.38. The zero-order chi connectivity index (χ0) is 15.0. The highest BCUT2D eigenvalue weighted by Crippen LogP contribution is 2.44. The zero-order valence-corrected chi connectivity index (χ0v) is 11.4. The lowest BCUT2D eigenvalue weighted by atomic mass is 9.66. The van der Waals surface area contributed by atoms with Gasteiger partial charge in [0.25, 0.3) is 0 Å². The molecule has 0 atom stereocenters. The van der Waals surface area contributed by atoms with Crippen molar-refractivity contribution in [1.29, 1.82) is 0 Å². The second kappa shape index (κ2) is 4.95. The normalized spacial score (nSPS) is 20.4. The second-order valence-electron chi connectivity index (χ2n) is 5.53. The summed E-state index contributed by atoms with van der Waals surface area (Å²) in [5.41, 5.74) is -0.201. The van der Waals surface area contributed by atoms with Gasteiger partial charge in [0.1, 0.15) is 11.2 Å². The minimum Gasteiger partial charge on any atom is -0.277 e. The largest absolute Gasteiger partial charge is 0.330 e. The van der Waals surface area contributed by atoms with Crippen LogP contribution in [0.2, 0.25) is 0 Å². The van der Waals surface area contributed by atoms with Crippen LogP contribution in [0.4, 0.5) is 9.18 Å². The van der Waals surface area contributed by atoms with E-state index in [1.807, 2.05) is 0 Å². The summed E-state index contributed by atoms with van der Waals surface area (Å²) in [6, 6.07) is 5.25. The van der Waals surface area contributed by atoms with E-state index in [0.29, 0.717) is 19.3 Å². The SMILES string of the molecule is O=C1NC(=O)C2(CCC2)C(=O)N1CCc1ccc(F)cc1. The lowest BCUT2D eigenvalue weighted by Crippen LogP contribution is -2.66. The molecule has 5 nitrogen and oxygen atoms in total. The van der Waals surface area contributed by atoms with Crippen molar-refractivity contribution in [3.8, 4) is 0 Å². The van der Waals surface area contributed by atoms with Crippen LogP contribution < -0.4 is 5.32 Å². The van der Waals surface area contributed by atoms with E-state index in [1.54, 1.807) is 12.1 Å². The van der Waals surface area contributed by atoms with E-state index in [9.17, 15) is 18.8 Å². The van der Waals surface area contributed by atoms with Gasteiger partial charge in [-0.2, -0.15) is 0 Å². The molecule has 1 heterocycles. The third kappa shape index (κ3) is 2.20. The molecule has 1 saturated carbocycles. The van der Waals surface area contributed by atoms with E-state index in [0.717, 1.165) is 16.9 Å². The number of rotatable bonds is 3. The summed E-state index contributed by atoms with van der Waals surface area (Å²) in [4.78, 5) is 37.2. The number of hydrogen-bond acceptors (Lipinski definition) is 3. The number of amides is 4. The minimum absolute atomic E-state index is 0.186. The van der Waals surface area contributed by atoms with Gasteiger partial charge in [-0.3, -0.25) is 19.8 Å². The first-order valence-corrected chi connectivity index (χ1v) is 6.95. The number of nitrogens with zero attached hydrogens (tertiary/aromatic N) is 1. The van der Waals surface area contributed by atoms with E-state index in [-0.39, 0.29) is 12.4 Å². The number of hydrogen-bond donors (Lipinski definition) is 1. The van der Waals surface area contributed by atoms with Gasteiger partial charge in [0.15, 0.2) is 0 Å². The molecule has 0 radical (unpaired) electrons. The molecule has 6 heteroatoms. The average molecular weight is 290 g/mol. The molecule has 21 heavy (non-hydrogen) atoms. The molecular formula is C15H15FN2O3. The van der Waals surface area contributed by atoms with Crippen LogP contribution in [0.15, 0.2) is 24.3 Å². The standard InChI is InChI=1S/C15H15FN2O3/c16-11-4-2-10(3-5-11)6-9-18-13(20)15(7-1-8-15)12(19)17-14(18)21/h2-5H,1,6-9H2,(H,17,19,21). The summed E-state index contributed by atoms with van der Waals surface area (Å²) in [5.74, 6) is -1.20. The molecule has 0 aromatic heterocycles. The lowest BCUT2D eigenvalue weighted by Gasteiger charge is -2.44. The van der Waals surface area contributed by atoms with Crippen LogP contribution >= 0.6 is 0 Å². The van der Waals surface area contributed by atoms with Crippen molar-refractivity contribution < 1.29 is 18.8 Å².